The number of pyridine rings is 1. The average Bonchev–Trinajstić information content (AvgIpc) is 2.98. The summed E-state index contributed by atoms with van der Waals surface area (Å²) < 4.78 is 6.07. The van der Waals surface area contributed by atoms with Gasteiger partial charge in [0.15, 0.2) is 5.82 Å². The molecule has 1 aliphatic heterocycles. The lowest BCUT2D eigenvalue weighted by atomic mass is 10.1. The number of ether oxygens (including phenoxy) is 1. The van der Waals surface area contributed by atoms with Crippen LogP contribution in [0.2, 0.25) is 0 Å². The zero-order valence-corrected chi connectivity index (χ0v) is 21.7. The summed E-state index contributed by atoms with van der Waals surface area (Å²) in [6, 6.07) is 15.0. The second-order valence-corrected chi connectivity index (χ2v) is 9.02. The van der Waals surface area contributed by atoms with Gasteiger partial charge in [-0.1, -0.05) is 12.7 Å². The van der Waals surface area contributed by atoms with E-state index < -0.39 is 0 Å². The number of fused-ring (bicyclic) bond motifs is 1. The van der Waals surface area contributed by atoms with Crippen LogP contribution < -0.4 is 15.4 Å². The van der Waals surface area contributed by atoms with Crippen molar-refractivity contribution in [1.82, 2.24) is 19.9 Å². The minimum Gasteiger partial charge on any atom is -0.457 e. The molecule has 2 aromatic carbocycles. The minimum atomic E-state index is -0.0864. The summed E-state index contributed by atoms with van der Waals surface area (Å²) in [5.41, 5.74) is 13.5. The molecule has 1 amide bonds. The van der Waals surface area contributed by atoms with Crippen molar-refractivity contribution in [1.29, 1.82) is 5.53 Å². The number of aryl methyl sites for hydroxylation is 1. The molecule has 0 spiro atoms. The van der Waals surface area contributed by atoms with E-state index in [2.05, 4.69) is 38.4 Å². The number of hydrogen-bond donors (Lipinski definition) is 3. The summed E-state index contributed by atoms with van der Waals surface area (Å²) in [5, 5.41) is 9.93. The van der Waals surface area contributed by atoms with E-state index in [1.54, 1.807) is 18.0 Å². The second-order valence-electron chi connectivity index (χ2n) is 9.02. The Balaban J connectivity index is 1.38. The lowest BCUT2D eigenvalue weighted by molar-refractivity contribution is -0.125. The van der Waals surface area contributed by atoms with Gasteiger partial charge in [-0.15, -0.1) is 0 Å². The zero-order valence-electron chi connectivity index (χ0n) is 21.7. The molecule has 39 heavy (non-hydrogen) atoms. The summed E-state index contributed by atoms with van der Waals surface area (Å²) in [6.07, 6.45) is 5.73. The first kappa shape index (κ1) is 25.5. The topological polar surface area (TPSA) is 128 Å². The molecule has 0 radical (unpaired) electrons. The SMILES string of the molecule is C=CC(=O)N1CCC=C(c2ccc3ncnc(Nc4ccc(Oc5ccc(NC)c(N=N)c5)c(C)c4)c3n2)C1. The quantitative estimate of drug-likeness (QED) is 0.182. The molecule has 1 aliphatic rings. The Morgan fingerprint density at radius 3 is 2.82 bits per heavy atom. The van der Waals surface area contributed by atoms with Gasteiger partial charge in [-0.3, -0.25) is 4.79 Å². The number of carbonyl (C=O) groups is 1. The summed E-state index contributed by atoms with van der Waals surface area (Å²) in [5.74, 6) is 1.77. The van der Waals surface area contributed by atoms with Gasteiger partial charge in [-0.05, 0) is 73.0 Å². The molecule has 3 N–H and O–H groups in total. The first-order valence-electron chi connectivity index (χ1n) is 12.5. The summed E-state index contributed by atoms with van der Waals surface area (Å²) in [7, 11) is 1.78. The molecule has 3 heterocycles. The van der Waals surface area contributed by atoms with Gasteiger partial charge in [0.05, 0.1) is 16.9 Å². The maximum atomic E-state index is 12.1. The molecule has 0 saturated heterocycles. The van der Waals surface area contributed by atoms with E-state index >= 15 is 0 Å². The molecule has 2 aromatic heterocycles. The van der Waals surface area contributed by atoms with Crippen LogP contribution in [0.4, 0.5) is 22.9 Å². The Labute approximate surface area is 226 Å². The predicted molar refractivity (Wildman–Crippen MR) is 152 cm³/mol. The van der Waals surface area contributed by atoms with E-state index in [4.69, 9.17) is 15.3 Å². The third-order valence-corrected chi connectivity index (χ3v) is 6.47. The van der Waals surface area contributed by atoms with E-state index in [0.717, 1.165) is 34.6 Å². The fourth-order valence-electron chi connectivity index (χ4n) is 4.44. The highest BCUT2D eigenvalue weighted by Crippen LogP contribution is 2.34. The van der Waals surface area contributed by atoms with E-state index in [1.165, 1.54) is 12.4 Å². The fourth-order valence-corrected chi connectivity index (χ4v) is 4.44. The van der Waals surface area contributed by atoms with Crippen LogP contribution in [0.15, 0.2) is 78.7 Å². The third-order valence-electron chi connectivity index (χ3n) is 6.47. The van der Waals surface area contributed by atoms with Gasteiger partial charge in [-0.25, -0.2) is 20.5 Å². The van der Waals surface area contributed by atoms with Crippen molar-refractivity contribution < 1.29 is 9.53 Å². The first-order chi connectivity index (χ1) is 19.0. The van der Waals surface area contributed by atoms with Gasteiger partial charge >= 0.3 is 0 Å². The van der Waals surface area contributed by atoms with E-state index in [-0.39, 0.29) is 5.91 Å². The first-order valence-corrected chi connectivity index (χ1v) is 12.5. The molecule has 0 fully saturated rings. The van der Waals surface area contributed by atoms with Crippen molar-refractivity contribution in [2.45, 2.75) is 13.3 Å². The average molecular weight is 521 g/mol. The van der Waals surface area contributed by atoms with Crippen molar-refractivity contribution in [3.8, 4) is 11.5 Å². The monoisotopic (exact) mass is 520 g/mol. The summed E-state index contributed by atoms with van der Waals surface area (Å²) in [4.78, 5) is 27.6. The largest absolute Gasteiger partial charge is 0.457 e. The van der Waals surface area contributed by atoms with Crippen LogP contribution in [0, 0.1) is 12.5 Å². The van der Waals surface area contributed by atoms with Gasteiger partial charge in [-0.2, -0.15) is 5.11 Å². The van der Waals surface area contributed by atoms with E-state index in [1.807, 2.05) is 49.4 Å². The highest BCUT2D eigenvalue weighted by atomic mass is 16.5. The Morgan fingerprint density at radius 1 is 1.18 bits per heavy atom. The number of anilines is 3. The number of nitrogens with one attached hydrogen (secondary N) is 3. The van der Waals surface area contributed by atoms with Crippen LogP contribution >= 0.6 is 0 Å². The number of carbonyl (C=O) groups excluding carboxylic acids is 1. The van der Waals surface area contributed by atoms with Crippen molar-refractivity contribution in [3.63, 3.8) is 0 Å². The van der Waals surface area contributed by atoms with Crippen molar-refractivity contribution in [3.05, 3.63) is 84.8 Å². The standard InChI is InChI=1S/C29H28N8O2/c1-4-27(38)37-13-5-6-19(16-37)22-10-11-24-28(35-22)29(33-17-32-24)34-20-7-12-26(18(2)14-20)39-21-8-9-23(31-3)25(15-21)36-30/h4,6-12,14-15,17,30-31H,1,5,13,16H2,2-3H3,(H,32,33,34). The van der Waals surface area contributed by atoms with Gasteiger partial charge in [0.25, 0.3) is 0 Å². The zero-order chi connectivity index (χ0) is 27.4. The van der Waals surface area contributed by atoms with Crippen LogP contribution in [0.25, 0.3) is 16.6 Å². The molecular weight excluding hydrogens is 492 g/mol. The Morgan fingerprint density at radius 2 is 2.05 bits per heavy atom. The lowest BCUT2D eigenvalue weighted by Crippen LogP contribution is -2.34. The van der Waals surface area contributed by atoms with Gasteiger partial charge < -0.3 is 20.3 Å². The molecule has 0 atom stereocenters. The number of aromatic nitrogens is 3. The van der Waals surface area contributed by atoms with Crippen LogP contribution in [0.5, 0.6) is 11.5 Å². The maximum absolute atomic E-state index is 12.1. The van der Waals surface area contributed by atoms with Crippen LogP contribution in [0.1, 0.15) is 17.7 Å². The van der Waals surface area contributed by atoms with E-state index in [0.29, 0.717) is 47.1 Å². The molecule has 0 bridgehead atoms. The Bertz CT molecular complexity index is 1610. The number of hydrogen-bond acceptors (Lipinski definition) is 9. The number of amides is 1. The second kappa shape index (κ2) is 11.1. The maximum Gasteiger partial charge on any atom is 0.246 e. The van der Waals surface area contributed by atoms with Crippen LogP contribution in [0.3, 0.4) is 0 Å². The molecule has 10 nitrogen and oxygen atoms in total. The van der Waals surface area contributed by atoms with Crippen LogP contribution in [-0.2, 0) is 4.79 Å². The molecule has 0 aliphatic carbocycles. The minimum absolute atomic E-state index is 0.0864. The normalized spacial score (nSPS) is 13.0. The molecule has 0 saturated carbocycles. The smallest absolute Gasteiger partial charge is 0.246 e. The van der Waals surface area contributed by atoms with E-state index in [9.17, 15) is 4.79 Å². The molecule has 4 aromatic rings. The fraction of sp³-hybridized carbons (Fsp3) is 0.172. The van der Waals surface area contributed by atoms with Crippen molar-refractivity contribution in [2.24, 2.45) is 5.11 Å². The lowest BCUT2D eigenvalue weighted by Gasteiger charge is -2.26. The Kier molecular flexibility index (Phi) is 7.26. The van der Waals surface area contributed by atoms with Gasteiger partial charge in [0.2, 0.25) is 5.91 Å². The predicted octanol–water partition coefficient (Wildman–Crippen LogP) is 6.37. The van der Waals surface area contributed by atoms with Crippen LogP contribution in [-0.4, -0.2) is 45.9 Å². The molecule has 5 rings (SSSR count). The van der Waals surface area contributed by atoms with Gasteiger partial charge in [0, 0.05) is 31.9 Å². The Hall–Kier alpha value is -5.12. The molecule has 10 heteroatoms. The number of rotatable bonds is 8. The summed E-state index contributed by atoms with van der Waals surface area (Å²) >= 11 is 0. The highest BCUT2D eigenvalue weighted by Gasteiger charge is 2.19. The molecule has 0 unspecified atom stereocenters. The summed E-state index contributed by atoms with van der Waals surface area (Å²) in [6.45, 7) is 6.70. The third kappa shape index (κ3) is 5.45. The molecular formula is C29H28N8O2. The highest BCUT2D eigenvalue weighted by molar-refractivity contribution is 5.90. The number of benzene rings is 2. The van der Waals surface area contributed by atoms with Crippen molar-refractivity contribution >= 4 is 45.4 Å². The van der Waals surface area contributed by atoms with Crippen molar-refractivity contribution in [2.75, 3.05) is 30.8 Å². The molecule has 196 valence electrons. The van der Waals surface area contributed by atoms with Gasteiger partial charge in [0.1, 0.15) is 29.0 Å². The number of nitrogens with zero attached hydrogens (tertiary/aromatic N) is 5.